The average molecular weight is 310 g/mol. The Morgan fingerprint density at radius 2 is 2.14 bits per heavy atom. The average Bonchev–Trinajstić information content (AvgIpc) is 3.06. The lowest BCUT2D eigenvalue weighted by molar-refractivity contribution is -0.249. The summed E-state index contributed by atoms with van der Waals surface area (Å²) in [7, 11) is 1.09. The second-order valence-electron chi connectivity index (χ2n) is 6.25. The number of methoxy groups -OCH3 is 1. The molecule has 118 valence electrons. The highest BCUT2D eigenvalue weighted by molar-refractivity contribution is 5.98. The molecule has 2 unspecified atom stereocenters. The number of esters is 2. The van der Waals surface area contributed by atoms with Crippen LogP contribution in [0.5, 0.6) is 0 Å². The van der Waals surface area contributed by atoms with E-state index in [2.05, 4.69) is 4.74 Å². The highest BCUT2D eigenvalue weighted by Gasteiger charge is 2.79. The Labute approximate surface area is 124 Å². The molecule has 2 saturated heterocycles. The Balaban J connectivity index is 1.94. The lowest BCUT2D eigenvalue weighted by atomic mass is 9.59. The molecule has 2 aliphatic carbocycles. The molecule has 8 nitrogen and oxygen atoms in total. The maximum atomic E-state index is 12.1. The molecule has 4 aliphatic rings. The summed E-state index contributed by atoms with van der Waals surface area (Å²) in [6.07, 6.45) is -0.0282. The Kier molecular flexibility index (Phi) is 2.37. The van der Waals surface area contributed by atoms with Crippen LogP contribution in [0.1, 0.15) is 12.8 Å². The molecule has 0 aromatic heterocycles. The fraction of sp³-hybridized carbons (Fsp3) is 0.643. The molecular weight excluding hydrogens is 296 g/mol. The number of ketones is 1. The van der Waals surface area contributed by atoms with E-state index in [1.165, 1.54) is 6.08 Å². The summed E-state index contributed by atoms with van der Waals surface area (Å²) in [5, 5.41) is 21.6. The number of ether oxygens (including phenoxy) is 3. The Morgan fingerprint density at radius 1 is 1.41 bits per heavy atom. The normalized spacial score (nSPS) is 48.6. The molecular formula is C14H14O8. The predicted molar refractivity (Wildman–Crippen MR) is 66.0 cm³/mol. The number of allylic oxidation sites excluding steroid dienone is 1. The number of cyclic esters (lactones) is 1. The molecule has 2 bridgehead atoms. The summed E-state index contributed by atoms with van der Waals surface area (Å²) < 4.78 is 14.9. The van der Waals surface area contributed by atoms with Gasteiger partial charge in [0.2, 0.25) is 0 Å². The van der Waals surface area contributed by atoms with Gasteiger partial charge < -0.3 is 24.4 Å². The third-order valence-electron chi connectivity index (χ3n) is 5.41. The third kappa shape index (κ3) is 1.20. The smallest absolute Gasteiger partial charge is 0.367 e. The molecule has 2 N–H and O–H groups in total. The van der Waals surface area contributed by atoms with Crippen molar-refractivity contribution in [2.45, 2.75) is 30.3 Å². The summed E-state index contributed by atoms with van der Waals surface area (Å²) in [4.78, 5) is 36.0. The Bertz CT molecular complexity index is 653. The highest BCUT2D eigenvalue weighted by Crippen LogP contribution is 2.66. The van der Waals surface area contributed by atoms with Crippen molar-refractivity contribution in [1.82, 2.24) is 0 Å². The van der Waals surface area contributed by atoms with Crippen LogP contribution in [0.15, 0.2) is 11.6 Å². The van der Waals surface area contributed by atoms with Crippen molar-refractivity contribution in [3.8, 4) is 0 Å². The van der Waals surface area contributed by atoms with Crippen molar-refractivity contribution in [1.29, 1.82) is 0 Å². The zero-order valence-electron chi connectivity index (χ0n) is 11.7. The molecule has 1 spiro atoms. The monoisotopic (exact) mass is 310 g/mol. The molecule has 8 heteroatoms. The number of hydrogen-bond donors (Lipinski definition) is 2. The van der Waals surface area contributed by atoms with Crippen LogP contribution in [0.3, 0.4) is 0 Å². The lowest BCUT2D eigenvalue weighted by Gasteiger charge is -2.42. The zero-order chi connectivity index (χ0) is 15.9. The van der Waals surface area contributed by atoms with Crippen molar-refractivity contribution in [3.05, 3.63) is 11.6 Å². The minimum Gasteiger partial charge on any atom is -0.465 e. The van der Waals surface area contributed by atoms with Gasteiger partial charge in [0.1, 0.15) is 12.7 Å². The van der Waals surface area contributed by atoms with Crippen molar-refractivity contribution >= 4 is 17.7 Å². The Morgan fingerprint density at radius 3 is 2.82 bits per heavy atom. The molecule has 22 heavy (non-hydrogen) atoms. The van der Waals surface area contributed by atoms with E-state index in [0.717, 1.165) is 7.11 Å². The molecule has 5 atom stereocenters. The van der Waals surface area contributed by atoms with Gasteiger partial charge >= 0.3 is 11.9 Å². The quantitative estimate of drug-likeness (QED) is 0.558. The molecule has 2 aliphatic heterocycles. The number of rotatable bonds is 1. The standard InChI is InChI=1S/C14H14O8/c1-20-11(17)14(19)12-3-6(15)2-7(12)8-5-21-10(16)13(8,18)9(4-12)22-14/h2,8-9,18-19H,3-5H2,1H3/t8?,9-,12+,13-,14?/m1/s1. The SMILES string of the molecule is COC(=O)C1(O)O[C@@H]2C[C@]13CC(=O)C=C3C1COC(=O)[C@@]12O. The first-order valence-electron chi connectivity index (χ1n) is 6.93. The number of aliphatic hydroxyl groups is 2. The van der Waals surface area contributed by atoms with Gasteiger partial charge in [-0.3, -0.25) is 4.79 Å². The molecule has 4 rings (SSSR count). The summed E-state index contributed by atoms with van der Waals surface area (Å²) in [5.74, 6) is -5.43. The second kappa shape index (κ2) is 3.76. The molecule has 2 heterocycles. The maximum absolute atomic E-state index is 12.1. The highest BCUT2D eigenvalue weighted by atomic mass is 16.7. The van der Waals surface area contributed by atoms with Crippen molar-refractivity contribution in [2.75, 3.05) is 13.7 Å². The number of carbonyl (C=O) groups excluding carboxylic acids is 3. The number of fused-ring (bicyclic) bond motifs is 4. The van der Waals surface area contributed by atoms with Crippen LogP contribution in [0, 0.1) is 11.3 Å². The Hall–Kier alpha value is -1.77. The molecule has 0 aromatic carbocycles. The third-order valence-corrected chi connectivity index (χ3v) is 5.41. The molecule has 0 aromatic rings. The first-order chi connectivity index (χ1) is 10.3. The summed E-state index contributed by atoms with van der Waals surface area (Å²) in [6.45, 7) is -0.118. The van der Waals surface area contributed by atoms with Gasteiger partial charge in [0.05, 0.1) is 18.4 Å². The van der Waals surface area contributed by atoms with Gasteiger partial charge in [-0.25, -0.2) is 9.59 Å². The second-order valence-corrected chi connectivity index (χ2v) is 6.25. The summed E-state index contributed by atoms with van der Waals surface area (Å²) in [5.41, 5.74) is -2.99. The van der Waals surface area contributed by atoms with E-state index in [4.69, 9.17) is 9.47 Å². The first-order valence-corrected chi connectivity index (χ1v) is 6.93. The molecule has 0 amide bonds. The van der Waals surface area contributed by atoms with Crippen LogP contribution in [0.25, 0.3) is 0 Å². The topological polar surface area (TPSA) is 119 Å². The van der Waals surface area contributed by atoms with Crippen molar-refractivity contribution in [2.24, 2.45) is 11.3 Å². The van der Waals surface area contributed by atoms with Gasteiger partial charge in [-0.15, -0.1) is 0 Å². The summed E-state index contributed by atoms with van der Waals surface area (Å²) >= 11 is 0. The van der Waals surface area contributed by atoms with Crippen LogP contribution in [0.2, 0.25) is 0 Å². The molecule has 1 saturated carbocycles. The lowest BCUT2D eigenvalue weighted by Crippen LogP contribution is -2.56. The molecule has 0 radical (unpaired) electrons. The summed E-state index contributed by atoms with van der Waals surface area (Å²) in [6, 6.07) is 0. The predicted octanol–water partition coefficient (Wildman–Crippen LogP) is -1.56. The largest absolute Gasteiger partial charge is 0.465 e. The van der Waals surface area contributed by atoms with Gasteiger partial charge in [-0.2, -0.15) is 0 Å². The van der Waals surface area contributed by atoms with E-state index >= 15 is 0 Å². The number of carbonyl (C=O) groups is 3. The van der Waals surface area contributed by atoms with E-state index in [0.29, 0.717) is 5.57 Å². The van der Waals surface area contributed by atoms with E-state index in [1.807, 2.05) is 0 Å². The maximum Gasteiger partial charge on any atom is 0.367 e. The minimum atomic E-state index is -2.40. The minimum absolute atomic E-state index is 0.0295. The van der Waals surface area contributed by atoms with Crippen molar-refractivity contribution in [3.63, 3.8) is 0 Å². The van der Waals surface area contributed by atoms with Crippen LogP contribution < -0.4 is 0 Å². The van der Waals surface area contributed by atoms with Gasteiger partial charge in [0, 0.05) is 6.42 Å². The van der Waals surface area contributed by atoms with Crippen LogP contribution in [0.4, 0.5) is 0 Å². The van der Waals surface area contributed by atoms with Gasteiger partial charge in [-0.05, 0) is 18.1 Å². The van der Waals surface area contributed by atoms with Gasteiger partial charge in [0.15, 0.2) is 11.4 Å². The molecule has 3 fully saturated rings. The number of hydrogen-bond acceptors (Lipinski definition) is 8. The van der Waals surface area contributed by atoms with Gasteiger partial charge in [-0.1, -0.05) is 0 Å². The van der Waals surface area contributed by atoms with E-state index in [9.17, 15) is 24.6 Å². The fourth-order valence-corrected chi connectivity index (χ4v) is 4.37. The van der Waals surface area contributed by atoms with E-state index in [-0.39, 0.29) is 25.2 Å². The van der Waals surface area contributed by atoms with Gasteiger partial charge in [0.25, 0.3) is 5.79 Å². The van der Waals surface area contributed by atoms with Crippen LogP contribution >= 0.6 is 0 Å². The fourth-order valence-electron chi connectivity index (χ4n) is 4.37. The van der Waals surface area contributed by atoms with Crippen LogP contribution in [-0.2, 0) is 28.6 Å². The zero-order valence-corrected chi connectivity index (χ0v) is 11.7. The van der Waals surface area contributed by atoms with Crippen molar-refractivity contribution < 1.29 is 38.8 Å². The van der Waals surface area contributed by atoms with E-state index < -0.39 is 40.8 Å². The first kappa shape index (κ1) is 13.9. The van der Waals surface area contributed by atoms with Crippen LogP contribution in [-0.4, -0.2) is 59.1 Å². The van der Waals surface area contributed by atoms with E-state index in [1.54, 1.807) is 0 Å².